The summed E-state index contributed by atoms with van der Waals surface area (Å²) in [5, 5.41) is 3.02. The van der Waals surface area contributed by atoms with Crippen molar-refractivity contribution in [2.75, 3.05) is 11.9 Å². The Kier molecular flexibility index (Phi) is 4.98. The van der Waals surface area contributed by atoms with Crippen LogP contribution in [0.15, 0.2) is 39.8 Å². The zero-order valence-electron chi connectivity index (χ0n) is 12.1. The molecule has 0 aliphatic carbocycles. The van der Waals surface area contributed by atoms with Crippen LogP contribution in [0, 0.1) is 6.92 Å². The molecule has 0 unspecified atom stereocenters. The minimum atomic E-state index is -3.65. The molecule has 2 rings (SSSR count). The van der Waals surface area contributed by atoms with Crippen LogP contribution in [0.3, 0.4) is 0 Å². The van der Waals surface area contributed by atoms with Crippen molar-refractivity contribution in [1.82, 2.24) is 9.71 Å². The fourth-order valence-electron chi connectivity index (χ4n) is 1.81. The Balaban J connectivity index is 2.15. The van der Waals surface area contributed by atoms with E-state index in [1.807, 2.05) is 13.8 Å². The van der Waals surface area contributed by atoms with Gasteiger partial charge in [-0.05, 0) is 37.6 Å². The summed E-state index contributed by atoms with van der Waals surface area (Å²) in [5.41, 5.74) is 0. The van der Waals surface area contributed by atoms with E-state index in [2.05, 4.69) is 15.0 Å². The molecule has 0 amide bonds. The van der Waals surface area contributed by atoms with Gasteiger partial charge in [0.25, 0.3) is 0 Å². The lowest BCUT2D eigenvalue weighted by atomic mass is 10.4. The van der Waals surface area contributed by atoms with Crippen molar-refractivity contribution in [2.24, 2.45) is 0 Å². The van der Waals surface area contributed by atoms with Gasteiger partial charge in [0.05, 0.1) is 6.54 Å². The average Bonchev–Trinajstić information content (AvgIpc) is 2.89. The molecule has 2 aromatic heterocycles. The van der Waals surface area contributed by atoms with Crippen LogP contribution in [0.5, 0.6) is 0 Å². The monoisotopic (exact) mass is 309 g/mol. The zero-order chi connectivity index (χ0) is 15.3. The molecule has 0 spiro atoms. The molecule has 2 aromatic rings. The summed E-state index contributed by atoms with van der Waals surface area (Å²) < 4.78 is 32.6. The van der Waals surface area contributed by atoms with E-state index in [0.29, 0.717) is 18.1 Å². The van der Waals surface area contributed by atoms with Crippen LogP contribution in [0.25, 0.3) is 0 Å². The third kappa shape index (κ3) is 4.05. The van der Waals surface area contributed by atoms with Crippen molar-refractivity contribution in [2.45, 2.75) is 31.7 Å². The number of sulfonamides is 1. The van der Waals surface area contributed by atoms with Crippen LogP contribution in [-0.2, 0) is 16.6 Å². The predicted molar refractivity (Wildman–Crippen MR) is 80.5 cm³/mol. The molecule has 0 atom stereocenters. The molecule has 0 saturated carbocycles. The second-order valence-corrected chi connectivity index (χ2v) is 6.35. The van der Waals surface area contributed by atoms with E-state index >= 15 is 0 Å². The topological polar surface area (TPSA) is 84.2 Å². The molecule has 0 radical (unpaired) electrons. The normalized spacial score (nSPS) is 11.5. The Morgan fingerprint density at radius 2 is 2.10 bits per heavy atom. The highest BCUT2D eigenvalue weighted by Gasteiger charge is 2.19. The predicted octanol–water partition coefficient (Wildman–Crippen LogP) is 2.28. The quantitative estimate of drug-likeness (QED) is 0.819. The van der Waals surface area contributed by atoms with Gasteiger partial charge in [0.1, 0.15) is 22.2 Å². The Labute approximate surface area is 124 Å². The Morgan fingerprint density at radius 1 is 1.29 bits per heavy atom. The van der Waals surface area contributed by atoms with Gasteiger partial charge in [-0.2, -0.15) is 0 Å². The first-order chi connectivity index (χ1) is 10.0. The first-order valence-corrected chi connectivity index (χ1v) is 8.25. The summed E-state index contributed by atoms with van der Waals surface area (Å²) in [5.74, 6) is 1.68. The third-order valence-electron chi connectivity index (χ3n) is 2.84. The van der Waals surface area contributed by atoms with Crippen molar-refractivity contribution in [3.05, 3.63) is 42.0 Å². The van der Waals surface area contributed by atoms with E-state index < -0.39 is 10.0 Å². The van der Waals surface area contributed by atoms with Gasteiger partial charge >= 0.3 is 0 Å². The number of nitrogens with one attached hydrogen (secondary N) is 2. The molecule has 0 aliphatic heterocycles. The maximum absolute atomic E-state index is 12.4. The van der Waals surface area contributed by atoms with Gasteiger partial charge in [0.2, 0.25) is 10.0 Å². The van der Waals surface area contributed by atoms with Crippen LogP contribution in [-0.4, -0.2) is 19.9 Å². The van der Waals surface area contributed by atoms with Gasteiger partial charge in [0.15, 0.2) is 0 Å². The van der Waals surface area contributed by atoms with Gasteiger partial charge in [-0.3, -0.25) is 0 Å². The van der Waals surface area contributed by atoms with Gasteiger partial charge in [-0.25, -0.2) is 18.1 Å². The van der Waals surface area contributed by atoms with E-state index in [0.717, 1.165) is 12.2 Å². The minimum absolute atomic E-state index is 0.109. The molecular formula is C14H19N3O3S. The van der Waals surface area contributed by atoms with E-state index in [-0.39, 0.29) is 11.4 Å². The first-order valence-electron chi connectivity index (χ1n) is 6.77. The molecule has 0 fully saturated rings. The number of hydrogen-bond acceptors (Lipinski definition) is 5. The lowest BCUT2D eigenvalue weighted by Gasteiger charge is -2.11. The SMILES string of the molecule is CCCNc1ncccc1S(=O)(=O)NCc1ccc(C)o1. The largest absolute Gasteiger partial charge is 0.465 e. The van der Waals surface area contributed by atoms with Crippen molar-refractivity contribution >= 4 is 15.8 Å². The highest BCUT2D eigenvalue weighted by molar-refractivity contribution is 7.89. The lowest BCUT2D eigenvalue weighted by molar-refractivity contribution is 0.475. The molecule has 7 heteroatoms. The number of hydrogen-bond donors (Lipinski definition) is 2. The average molecular weight is 309 g/mol. The molecule has 2 N–H and O–H groups in total. The number of aryl methyl sites for hydroxylation is 1. The maximum atomic E-state index is 12.4. The summed E-state index contributed by atoms with van der Waals surface area (Å²) in [6, 6.07) is 6.67. The van der Waals surface area contributed by atoms with Gasteiger partial charge in [0, 0.05) is 12.7 Å². The molecule has 114 valence electrons. The highest BCUT2D eigenvalue weighted by atomic mass is 32.2. The van der Waals surface area contributed by atoms with E-state index in [1.165, 1.54) is 6.07 Å². The zero-order valence-corrected chi connectivity index (χ0v) is 12.9. The fraction of sp³-hybridized carbons (Fsp3) is 0.357. The number of aromatic nitrogens is 1. The summed E-state index contributed by atoms with van der Waals surface area (Å²) in [6.45, 7) is 4.59. The Morgan fingerprint density at radius 3 is 2.76 bits per heavy atom. The first kappa shape index (κ1) is 15.5. The number of furan rings is 1. The van der Waals surface area contributed by atoms with Gasteiger partial charge in [-0.1, -0.05) is 6.92 Å². The second kappa shape index (κ2) is 6.73. The summed E-state index contributed by atoms with van der Waals surface area (Å²) in [6.07, 6.45) is 2.45. The van der Waals surface area contributed by atoms with Crippen LogP contribution in [0.1, 0.15) is 24.9 Å². The van der Waals surface area contributed by atoms with E-state index in [4.69, 9.17) is 4.42 Å². The number of anilines is 1. The second-order valence-electron chi connectivity index (χ2n) is 4.61. The molecule has 6 nitrogen and oxygen atoms in total. The molecular weight excluding hydrogens is 290 g/mol. The van der Waals surface area contributed by atoms with Gasteiger partial charge < -0.3 is 9.73 Å². The Bertz CT molecular complexity index is 695. The van der Waals surface area contributed by atoms with Gasteiger partial charge in [-0.15, -0.1) is 0 Å². The van der Waals surface area contributed by atoms with Crippen molar-refractivity contribution in [1.29, 1.82) is 0 Å². The van der Waals surface area contributed by atoms with Crippen LogP contribution in [0.4, 0.5) is 5.82 Å². The smallest absolute Gasteiger partial charge is 0.244 e. The maximum Gasteiger partial charge on any atom is 0.244 e. The molecule has 2 heterocycles. The standard InChI is InChI=1S/C14H19N3O3S/c1-3-8-15-14-13(5-4-9-16-14)21(18,19)17-10-12-7-6-11(2)20-12/h4-7,9,17H,3,8,10H2,1-2H3,(H,15,16). The Hall–Kier alpha value is -1.86. The lowest BCUT2D eigenvalue weighted by Crippen LogP contribution is -2.24. The van der Waals surface area contributed by atoms with E-state index in [1.54, 1.807) is 24.4 Å². The minimum Gasteiger partial charge on any atom is -0.465 e. The molecule has 0 saturated heterocycles. The summed E-state index contributed by atoms with van der Waals surface area (Å²) in [7, 11) is -3.65. The van der Waals surface area contributed by atoms with Crippen LogP contribution >= 0.6 is 0 Å². The fourth-order valence-corrected chi connectivity index (χ4v) is 2.93. The summed E-state index contributed by atoms with van der Waals surface area (Å²) in [4.78, 5) is 4.23. The van der Waals surface area contributed by atoms with Crippen molar-refractivity contribution < 1.29 is 12.8 Å². The highest BCUT2D eigenvalue weighted by Crippen LogP contribution is 2.18. The van der Waals surface area contributed by atoms with Crippen molar-refractivity contribution in [3.8, 4) is 0 Å². The number of rotatable bonds is 7. The van der Waals surface area contributed by atoms with Crippen LogP contribution < -0.4 is 10.0 Å². The molecule has 0 aliphatic rings. The number of nitrogens with zero attached hydrogens (tertiary/aromatic N) is 1. The third-order valence-corrected chi connectivity index (χ3v) is 4.27. The van der Waals surface area contributed by atoms with Crippen molar-refractivity contribution in [3.63, 3.8) is 0 Å². The molecule has 0 bridgehead atoms. The number of pyridine rings is 1. The van der Waals surface area contributed by atoms with E-state index in [9.17, 15) is 8.42 Å². The molecule has 21 heavy (non-hydrogen) atoms. The molecule has 0 aromatic carbocycles. The van der Waals surface area contributed by atoms with Crippen LogP contribution in [0.2, 0.25) is 0 Å². The summed E-state index contributed by atoms with van der Waals surface area (Å²) >= 11 is 0.